The Morgan fingerprint density at radius 1 is 1.11 bits per heavy atom. The Hall–Kier alpha value is -3.80. The van der Waals surface area contributed by atoms with Gasteiger partial charge in [0.05, 0.1) is 13.7 Å². The number of aryl methyl sites for hydroxylation is 1. The van der Waals surface area contributed by atoms with Gasteiger partial charge in [0.15, 0.2) is 5.76 Å². The zero-order valence-electron chi connectivity index (χ0n) is 21.8. The van der Waals surface area contributed by atoms with E-state index < -0.39 is 0 Å². The van der Waals surface area contributed by atoms with E-state index in [1.165, 1.54) is 5.56 Å². The SMILES string of the molecule is CCC(C)(C)c1ccc(OC)c(Cc2ccc(C(=O)N(Cc3cccnc3)Cc3cccn3C)o2)c1. The number of amides is 1. The van der Waals surface area contributed by atoms with Gasteiger partial charge < -0.3 is 18.6 Å². The fraction of sp³-hybridized carbons (Fsp3) is 0.333. The van der Waals surface area contributed by atoms with E-state index in [-0.39, 0.29) is 11.3 Å². The average molecular weight is 486 g/mol. The summed E-state index contributed by atoms with van der Waals surface area (Å²) in [6, 6.07) is 17.9. The van der Waals surface area contributed by atoms with E-state index in [0.29, 0.717) is 25.3 Å². The molecule has 4 aromatic rings. The molecule has 0 N–H and O–H groups in total. The predicted octanol–water partition coefficient (Wildman–Crippen LogP) is 6.14. The fourth-order valence-corrected chi connectivity index (χ4v) is 4.24. The second kappa shape index (κ2) is 10.9. The number of hydrogen-bond donors (Lipinski definition) is 0. The van der Waals surface area contributed by atoms with Crippen LogP contribution < -0.4 is 4.74 Å². The van der Waals surface area contributed by atoms with Gasteiger partial charge in [-0.25, -0.2) is 0 Å². The van der Waals surface area contributed by atoms with Gasteiger partial charge in [0.1, 0.15) is 11.5 Å². The molecule has 0 atom stereocenters. The lowest BCUT2D eigenvalue weighted by atomic mass is 9.81. The number of nitrogens with zero attached hydrogens (tertiary/aromatic N) is 3. The summed E-state index contributed by atoms with van der Waals surface area (Å²) in [5.41, 5.74) is 4.37. The Balaban J connectivity index is 1.58. The van der Waals surface area contributed by atoms with Gasteiger partial charge in [-0.2, -0.15) is 0 Å². The van der Waals surface area contributed by atoms with E-state index in [9.17, 15) is 4.79 Å². The minimum absolute atomic E-state index is 0.0645. The zero-order chi connectivity index (χ0) is 25.7. The van der Waals surface area contributed by atoms with E-state index in [2.05, 4.69) is 37.9 Å². The predicted molar refractivity (Wildman–Crippen MR) is 141 cm³/mol. The highest BCUT2D eigenvalue weighted by Crippen LogP contribution is 2.32. The molecule has 0 aliphatic carbocycles. The van der Waals surface area contributed by atoms with Crippen LogP contribution in [-0.2, 0) is 32.0 Å². The van der Waals surface area contributed by atoms with Crippen molar-refractivity contribution in [1.29, 1.82) is 0 Å². The highest BCUT2D eigenvalue weighted by atomic mass is 16.5. The minimum atomic E-state index is -0.154. The molecular weight excluding hydrogens is 450 g/mol. The molecule has 0 saturated heterocycles. The van der Waals surface area contributed by atoms with Crippen molar-refractivity contribution in [1.82, 2.24) is 14.5 Å². The van der Waals surface area contributed by atoms with Crippen LogP contribution in [-0.4, -0.2) is 27.5 Å². The molecule has 6 heteroatoms. The third kappa shape index (κ3) is 5.70. The van der Waals surface area contributed by atoms with Crippen LogP contribution in [0.3, 0.4) is 0 Å². The van der Waals surface area contributed by atoms with Crippen LogP contribution in [0, 0.1) is 0 Å². The minimum Gasteiger partial charge on any atom is -0.496 e. The normalized spacial score (nSPS) is 11.5. The van der Waals surface area contributed by atoms with E-state index in [0.717, 1.165) is 34.8 Å². The Morgan fingerprint density at radius 3 is 2.61 bits per heavy atom. The van der Waals surface area contributed by atoms with Crippen LogP contribution in [0.4, 0.5) is 0 Å². The highest BCUT2D eigenvalue weighted by Gasteiger charge is 2.23. The maximum atomic E-state index is 13.6. The lowest BCUT2D eigenvalue weighted by molar-refractivity contribution is 0.0692. The number of methoxy groups -OCH3 is 1. The molecule has 0 unspecified atom stereocenters. The van der Waals surface area contributed by atoms with Crippen LogP contribution in [0.1, 0.15) is 65.9 Å². The maximum absolute atomic E-state index is 13.6. The third-order valence-electron chi connectivity index (χ3n) is 6.97. The number of carbonyl (C=O) groups is 1. The highest BCUT2D eigenvalue weighted by molar-refractivity contribution is 5.91. The van der Waals surface area contributed by atoms with Crippen LogP contribution in [0.25, 0.3) is 0 Å². The lowest BCUT2D eigenvalue weighted by Crippen LogP contribution is -2.30. The molecule has 0 radical (unpaired) electrons. The van der Waals surface area contributed by atoms with Crippen molar-refractivity contribution in [2.45, 2.75) is 52.1 Å². The lowest BCUT2D eigenvalue weighted by Gasteiger charge is -2.24. The van der Waals surface area contributed by atoms with Crippen molar-refractivity contribution in [2.24, 2.45) is 7.05 Å². The van der Waals surface area contributed by atoms with E-state index in [1.807, 2.05) is 54.2 Å². The van der Waals surface area contributed by atoms with Crippen molar-refractivity contribution in [3.05, 3.63) is 107 Å². The average Bonchev–Trinajstić information content (AvgIpc) is 3.52. The number of rotatable bonds is 10. The summed E-state index contributed by atoms with van der Waals surface area (Å²) < 4.78 is 13.7. The third-order valence-corrected chi connectivity index (χ3v) is 6.97. The number of hydrogen-bond acceptors (Lipinski definition) is 4. The van der Waals surface area contributed by atoms with Gasteiger partial charge in [-0.05, 0) is 59.4 Å². The summed E-state index contributed by atoms with van der Waals surface area (Å²) in [5.74, 6) is 1.71. The van der Waals surface area contributed by atoms with Gasteiger partial charge in [-0.15, -0.1) is 0 Å². The Labute approximate surface area is 213 Å². The second-order valence-electron chi connectivity index (χ2n) is 9.84. The first kappa shape index (κ1) is 25.3. The molecule has 0 aliphatic rings. The molecule has 0 fully saturated rings. The van der Waals surface area contributed by atoms with Gasteiger partial charge in [-0.1, -0.05) is 39.0 Å². The largest absolute Gasteiger partial charge is 0.496 e. The quantitative estimate of drug-likeness (QED) is 0.271. The summed E-state index contributed by atoms with van der Waals surface area (Å²) in [6.07, 6.45) is 7.08. The first-order chi connectivity index (χ1) is 17.3. The summed E-state index contributed by atoms with van der Waals surface area (Å²) in [5, 5.41) is 0. The number of carbonyl (C=O) groups excluding carboxylic acids is 1. The van der Waals surface area contributed by atoms with Gasteiger partial charge in [0.25, 0.3) is 5.91 Å². The molecule has 188 valence electrons. The smallest absolute Gasteiger partial charge is 0.290 e. The zero-order valence-corrected chi connectivity index (χ0v) is 21.8. The molecule has 3 aromatic heterocycles. The molecule has 0 bridgehead atoms. The van der Waals surface area contributed by atoms with Crippen molar-refractivity contribution in [2.75, 3.05) is 7.11 Å². The van der Waals surface area contributed by atoms with Crippen molar-refractivity contribution in [3.8, 4) is 5.75 Å². The van der Waals surface area contributed by atoms with Gasteiger partial charge in [0, 0.05) is 49.9 Å². The molecule has 1 aromatic carbocycles. The van der Waals surface area contributed by atoms with Crippen LogP contribution in [0.15, 0.2) is 77.6 Å². The van der Waals surface area contributed by atoms with E-state index >= 15 is 0 Å². The summed E-state index contributed by atoms with van der Waals surface area (Å²) in [6.45, 7) is 7.59. The second-order valence-corrected chi connectivity index (χ2v) is 9.84. The van der Waals surface area contributed by atoms with Gasteiger partial charge in [0.2, 0.25) is 0 Å². The van der Waals surface area contributed by atoms with Gasteiger partial charge in [-0.3, -0.25) is 9.78 Å². The molecule has 4 rings (SSSR count). The Kier molecular flexibility index (Phi) is 7.63. The number of aromatic nitrogens is 2. The van der Waals surface area contributed by atoms with Crippen LogP contribution in [0.5, 0.6) is 5.75 Å². The van der Waals surface area contributed by atoms with E-state index in [4.69, 9.17) is 9.15 Å². The topological polar surface area (TPSA) is 60.5 Å². The number of ether oxygens (including phenoxy) is 1. The number of benzene rings is 1. The standard InChI is InChI=1S/C30H35N3O3/c1-6-30(2,3)24-11-13-27(35-5)23(17-24)18-26-12-14-28(36-26)29(34)33(20-22-9-7-15-31-19-22)21-25-10-8-16-32(25)4/h7-17,19H,6,18,20-21H2,1-5H3. The Bertz CT molecular complexity index is 1300. The molecule has 0 aliphatic heterocycles. The monoisotopic (exact) mass is 485 g/mol. The summed E-state index contributed by atoms with van der Waals surface area (Å²) in [7, 11) is 3.66. The molecule has 3 heterocycles. The molecule has 6 nitrogen and oxygen atoms in total. The molecule has 0 saturated carbocycles. The first-order valence-electron chi connectivity index (χ1n) is 12.3. The van der Waals surface area contributed by atoms with Crippen LogP contribution in [0.2, 0.25) is 0 Å². The molecule has 1 amide bonds. The number of pyridine rings is 1. The summed E-state index contributed by atoms with van der Waals surface area (Å²) >= 11 is 0. The summed E-state index contributed by atoms with van der Waals surface area (Å²) in [4.78, 5) is 19.6. The molecule has 36 heavy (non-hydrogen) atoms. The van der Waals surface area contributed by atoms with Crippen molar-refractivity contribution >= 4 is 5.91 Å². The van der Waals surface area contributed by atoms with E-state index in [1.54, 1.807) is 30.5 Å². The van der Waals surface area contributed by atoms with Crippen LogP contribution >= 0.6 is 0 Å². The number of furan rings is 1. The van der Waals surface area contributed by atoms with Crippen molar-refractivity contribution < 1.29 is 13.9 Å². The molecule has 0 spiro atoms. The first-order valence-corrected chi connectivity index (χ1v) is 12.3. The Morgan fingerprint density at radius 2 is 1.94 bits per heavy atom. The van der Waals surface area contributed by atoms with Gasteiger partial charge >= 0.3 is 0 Å². The maximum Gasteiger partial charge on any atom is 0.290 e. The molecular formula is C30H35N3O3. The fourth-order valence-electron chi connectivity index (χ4n) is 4.24. The van der Waals surface area contributed by atoms with Crippen molar-refractivity contribution in [3.63, 3.8) is 0 Å².